The number of nitrogens with one attached hydrogen (secondary N) is 1. The molecule has 0 saturated heterocycles. The van der Waals surface area contributed by atoms with Crippen molar-refractivity contribution in [3.8, 4) is 0 Å². The van der Waals surface area contributed by atoms with Gasteiger partial charge in [0.2, 0.25) is 5.91 Å². The van der Waals surface area contributed by atoms with Crippen molar-refractivity contribution in [3.05, 3.63) is 0 Å². The zero-order chi connectivity index (χ0) is 34.7. The van der Waals surface area contributed by atoms with E-state index in [1.165, 1.54) is 6.92 Å². The molecule has 0 saturated carbocycles. The molecule has 0 aliphatic carbocycles. The first-order chi connectivity index (χ1) is 20.6. The van der Waals surface area contributed by atoms with Gasteiger partial charge in [-0.1, -0.05) is 0 Å². The molecule has 0 atom stereocenters. The summed E-state index contributed by atoms with van der Waals surface area (Å²) in [5, 5.41) is 2.96. The molecule has 12 nitrogen and oxygen atoms in total. The second-order valence-electron chi connectivity index (χ2n) is 14.3. The van der Waals surface area contributed by atoms with Crippen LogP contribution in [0.4, 0.5) is 0 Å². The minimum Gasteiger partial charge on any atom is -0.460 e. The van der Waals surface area contributed by atoms with Crippen molar-refractivity contribution in [1.29, 1.82) is 0 Å². The van der Waals surface area contributed by atoms with Crippen LogP contribution in [0, 0.1) is 0 Å². The maximum absolute atomic E-state index is 13.0. The zero-order valence-corrected chi connectivity index (χ0v) is 29.4. The van der Waals surface area contributed by atoms with E-state index in [-0.39, 0.29) is 82.8 Å². The van der Waals surface area contributed by atoms with Crippen LogP contribution in [-0.2, 0) is 52.4 Å². The molecule has 0 bridgehead atoms. The summed E-state index contributed by atoms with van der Waals surface area (Å²) in [4.78, 5) is 60.7. The Morgan fingerprint density at radius 1 is 0.489 bits per heavy atom. The predicted molar refractivity (Wildman–Crippen MR) is 168 cm³/mol. The molecule has 0 aromatic rings. The first kappa shape index (κ1) is 42.4. The monoisotopic (exact) mass is 645 g/mol. The number of carbonyl (C=O) groups is 5. The lowest BCUT2D eigenvalue weighted by Crippen LogP contribution is -2.58. The average molecular weight is 646 g/mol. The van der Waals surface area contributed by atoms with Gasteiger partial charge in [-0.05, 0) is 88.5 Å². The van der Waals surface area contributed by atoms with E-state index >= 15 is 0 Å². The molecule has 45 heavy (non-hydrogen) atoms. The van der Waals surface area contributed by atoms with Crippen molar-refractivity contribution < 1.29 is 52.4 Å². The first-order valence-corrected chi connectivity index (χ1v) is 15.8. The summed E-state index contributed by atoms with van der Waals surface area (Å²) in [6.07, 6.45) is 2.14. The highest BCUT2D eigenvalue weighted by molar-refractivity contribution is 5.79. The number of ether oxygens (including phenoxy) is 6. The van der Waals surface area contributed by atoms with Gasteiger partial charge in [0.05, 0.1) is 45.9 Å². The quantitative estimate of drug-likeness (QED) is 0.0997. The van der Waals surface area contributed by atoms with Crippen molar-refractivity contribution in [2.24, 2.45) is 0 Å². The fourth-order valence-electron chi connectivity index (χ4n) is 3.85. The lowest BCUT2D eigenvalue weighted by atomic mass is 10.0. The first-order valence-electron chi connectivity index (χ1n) is 15.8. The molecule has 0 unspecified atom stereocenters. The Morgan fingerprint density at radius 2 is 0.889 bits per heavy atom. The van der Waals surface area contributed by atoms with Gasteiger partial charge >= 0.3 is 17.9 Å². The summed E-state index contributed by atoms with van der Waals surface area (Å²) >= 11 is 0. The Kier molecular flexibility index (Phi) is 19.4. The SMILES string of the molecule is CC(=O)CCCC(=O)NC(COCCCCC(=O)OC(C)(C)C)(COCCC(=O)OC(C)(C)C)COCCC(=O)OC(C)(C)C. The van der Waals surface area contributed by atoms with Crippen LogP contribution in [0.15, 0.2) is 0 Å². The number of ketones is 1. The third kappa shape index (κ3) is 26.4. The Bertz CT molecular complexity index is 890. The zero-order valence-electron chi connectivity index (χ0n) is 29.4. The number of hydrogen-bond donors (Lipinski definition) is 1. The number of rotatable bonds is 22. The van der Waals surface area contributed by atoms with Gasteiger partial charge in [-0.2, -0.15) is 0 Å². The molecule has 0 aliphatic rings. The second kappa shape index (κ2) is 20.5. The molecule has 12 heteroatoms. The number of amides is 1. The normalized spacial score (nSPS) is 12.4. The van der Waals surface area contributed by atoms with E-state index in [1.807, 2.05) is 20.8 Å². The van der Waals surface area contributed by atoms with E-state index in [0.717, 1.165) is 0 Å². The second-order valence-corrected chi connectivity index (χ2v) is 14.3. The molecule has 0 radical (unpaired) electrons. The molecule has 0 heterocycles. The van der Waals surface area contributed by atoms with Crippen LogP contribution in [0.25, 0.3) is 0 Å². The summed E-state index contributed by atoms with van der Waals surface area (Å²) in [5.41, 5.74) is -2.98. The average Bonchev–Trinajstić information content (AvgIpc) is 2.83. The number of carbonyl (C=O) groups excluding carboxylic acids is 5. The molecular weight excluding hydrogens is 586 g/mol. The van der Waals surface area contributed by atoms with Crippen LogP contribution in [0.3, 0.4) is 0 Å². The van der Waals surface area contributed by atoms with Crippen LogP contribution in [0.1, 0.15) is 121 Å². The fraction of sp³-hybridized carbons (Fsp3) is 0.848. The van der Waals surface area contributed by atoms with Gasteiger partial charge in [-0.25, -0.2) is 0 Å². The molecular formula is C33H59NO11. The molecule has 0 fully saturated rings. The molecule has 0 spiro atoms. The summed E-state index contributed by atoms with van der Waals surface area (Å²) in [7, 11) is 0. The van der Waals surface area contributed by atoms with E-state index in [1.54, 1.807) is 41.5 Å². The number of unbranched alkanes of at least 4 members (excludes halogenated alkanes) is 1. The van der Waals surface area contributed by atoms with E-state index in [0.29, 0.717) is 25.9 Å². The smallest absolute Gasteiger partial charge is 0.308 e. The number of esters is 3. The Hall–Kier alpha value is -2.57. The molecule has 0 rings (SSSR count). The summed E-state index contributed by atoms with van der Waals surface area (Å²) in [6, 6.07) is 0. The maximum Gasteiger partial charge on any atom is 0.308 e. The maximum atomic E-state index is 13.0. The molecule has 262 valence electrons. The lowest BCUT2D eigenvalue weighted by molar-refractivity contribution is -0.157. The molecule has 1 N–H and O–H groups in total. The third-order valence-electron chi connectivity index (χ3n) is 5.55. The molecule has 1 amide bonds. The largest absolute Gasteiger partial charge is 0.460 e. The Balaban J connectivity index is 5.49. The van der Waals surface area contributed by atoms with Crippen molar-refractivity contribution in [1.82, 2.24) is 5.32 Å². The van der Waals surface area contributed by atoms with Gasteiger partial charge in [0.25, 0.3) is 0 Å². The third-order valence-corrected chi connectivity index (χ3v) is 5.55. The van der Waals surface area contributed by atoms with Crippen LogP contribution in [0.2, 0.25) is 0 Å². The van der Waals surface area contributed by atoms with Crippen molar-refractivity contribution >= 4 is 29.6 Å². The van der Waals surface area contributed by atoms with Gasteiger partial charge in [0.1, 0.15) is 28.1 Å². The van der Waals surface area contributed by atoms with Gasteiger partial charge < -0.3 is 38.5 Å². The Morgan fingerprint density at radius 3 is 1.29 bits per heavy atom. The number of Topliss-reactive ketones (excluding diaryl/α,β-unsaturated/α-hetero) is 1. The van der Waals surface area contributed by atoms with Gasteiger partial charge in [0.15, 0.2) is 0 Å². The number of hydrogen-bond acceptors (Lipinski definition) is 11. The fourth-order valence-corrected chi connectivity index (χ4v) is 3.85. The topological polar surface area (TPSA) is 153 Å². The van der Waals surface area contributed by atoms with E-state index in [2.05, 4.69) is 5.32 Å². The van der Waals surface area contributed by atoms with Gasteiger partial charge in [-0.3, -0.25) is 19.2 Å². The Labute approximate surface area is 269 Å². The highest BCUT2D eigenvalue weighted by Gasteiger charge is 2.34. The van der Waals surface area contributed by atoms with Crippen LogP contribution in [-0.4, -0.2) is 91.6 Å². The van der Waals surface area contributed by atoms with E-state index < -0.39 is 34.3 Å². The van der Waals surface area contributed by atoms with Crippen LogP contribution in [0.5, 0.6) is 0 Å². The minimum absolute atomic E-state index is 0.00321. The molecule has 0 aliphatic heterocycles. The van der Waals surface area contributed by atoms with E-state index in [4.69, 9.17) is 28.4 Å². The molecule has 0 aromatic carbocycles. The lowest BCUT2D eigenvalue weighted by Gasteiger charge is -2.34. The van der Waals surface area contributed by atoms with Gasteiger partial charge in [0, 0.05) is 25.9 Å². The standard InChI is InChI=1S/C33H59NO11/c1-25(35)14-13-15-26(36)34-33(23-41-20-17-28(38)44-31(5,6)7,24-42-21-18-29(39)45-32(8,9)10)22-40-19-12-11-16-27(37)43-30(2,3)4/h11-24H2,1-10H3,(H,34,36). The van der Waals surface area contributed by atoms with Crippen molar-refractivity contribution in [3.63, 3.8) is 0 Å². The van der Waals surface area contributed by atoms with Gasteiger partial charge in [-0.15, -0.1) is 0 Å². The predicted octanol–water partition coefficient (Wildman–Crippen LogP) is 4.63. The highest BCUT2D eigenvalue weighted by Crippen LogP contribution is 2.15. The van der Waals surface area contributed by atoms with Crippen LogP contribution < -0.4 is 5.32 Å². The summed E-state index contributed by atoms with van der Waals surface area (Å²) in [5.74, 6) is -1.46. The minimum atomic E-state index is -1.17. The summed E-state index contributed by atoms with van der Waals surface area (Å²) < 4.78 is 33.7. The highest BCUT2D eigenvalue weighted by atomic mass is 16.6. The van der Waals surface area contributed by atoms with Crippen molar-refractivity contribution in [2.45, 2.75) is 143 Å². The van der Waals surface area contributed by atoms with E-state index in [9.17, 15) is 24.0 Å². The summed E-state index contributed by atoms with van der Waals surface area (Å²) in [6.45, 7) is 17.8. The molecule has 0 aromatic heterocycles. The van der Waals surface area contributed by atoms with Crippen LogP contribution >= 0.6 is 0 Å². The van der Waals surface area contributed by atoms with Crippen molar-refractivity contribution in [2.75, 3.05) is 39.6 Å².